The van der Waals surface area contributed by atoms with Crippen molar-refractivity contribution in [3.63, 3.8) is 0 Å². The van der Waals surface area contributed by atoms with E-state index < -0.39 is 0 Å². The summed E-state index contributed by atoms with van der Waals surface area (Å²) in [5, 5.41) is 14.7. The van der Waals surface area contributed by atoms with Crippen molar-refractivity contribution in [2.45, 2.75) is 70.3 Å². The molecule has 0 aromatic carbocycles. The highest BCUT2D eigenvalue weighted by Gasteiger charge is 2.21. The first-order chi connectivity index (χ1) is 10.8. The van der Waals surface area contributed by atoms with Crippen molar-refractivity contribution in [3.05, 3.63) is 12.1 Å². The van der Waals surface area contributed by atoms with E-state index in [1.165, 1.54) is 38.5 Å². The van der Waals surface area contributed by atoms with Gasteiger partial charge in [0, 0.05) is 12.0 Å². The average Bonchev–Trinajstić information content (AvgIpc) is 2.58. The van der Waals surface area contributed by atoms with Crippen LogP contribution in [0.2, 0.25) is 0 Å². The van der Waals surface area contributed by atoms with E-state index in [2.05, 4.69) is 20.8 Å². The van der Waals surface area contributed by atoms with Gasteiger partial charge in [-0.3, -0.25) is 4.79 Å². The second kappa shape index (κ2) is 7.56. The Morgan fingerprint density at radius 3 is 2.09 bits per heavy atom. The molecule has 2 aliphatic carbocycles. The van der Waals surface area contributed by atoms with Crippen LogP contribution in [0.4, 0.5) is 11.6 Å². The second-order valence-electron chi connectivity index (χ2n) is 6.61. The fourth-order valence-electron chi connectivity index (χ4n) is 3.53. The molecule has 5 nitrogen and oxygen atoms in total. The van der Waals surface area contributed by atoms with Gasteiger partial charge in [0.2, 0.25) is 5.91 Å². The van der Waals surface area contributed by atoms with E-state index in [9.17, 15) is 4.79 Å². The molecule has 22 heavy (non-hydrogen) atoms. The summed E-state index contributed by atoms with van der Waals surface area (Å²) in [4.78, 5) is 12.2. The van der Waals surface area contributed by atoms with Crippen molar-refractivity contribution in [2.75, 3.05) is 10.6 Å². The zero-order valence-corrected chi connectivity index (χ0v) is 13.2. The Morgan fingerprint density at radius 2 is 1.45 bits per heavy atom. The number of rotatable bonds is 4. The molecule has 0 aliphatic heterocycles. The molecule has 3 rings (SSSR count). The summed E-state index contributed by atoms with van der Waals surface area (Å²) in [6.45, 7) is 0. The van der Waals surface area contributed by atoms with E-state index in [4.69, 9.17) is 0 Å². The predicted molar refractivity (Wildman–Crippen MR) is 87.7 cm³/mol. The standard InChI is InChI=1S/C17H26N4O/c22-17(13-7-3-1-4-8-13)19-16-12-11-15(20-21-16)18-14-9-5-2-6-10-14/h11-14H,1-10H2,(H,18,20)(H,19,21,22). The summed E-state index contributed by atoms with van der Waals surface area (Å²) < 4.78 is 0. The van der Waals surface area contributed by atoms with Crippen molar-refractivity contribution < 1.29 is 4.79 Å². The van der Waals surface area contributed by atoms with Crippen LogP contribution in [0.5, 0.6) is 0 Å². The van der Waals surface area contributed by atoms with Crippen LogP contribution in [-0.2, 0) is 4.79 Å². The molecule has 0 unspecified atom stereocenters. The van der Waals surface area contributed by atoms with Crippen LogP contribution in [-0.4, -0.2) is 22.1 Å². The molecule has 1 aromatic heterocycles. The quantitative estimate of drug-likeness (QED) is 0.889. The Balaban J connectivity index is 1.51. The van der Waals surface area contributed by atoms with Crippen molar-refractivity contribution in [2.24, 2.45) is 5.92 Å². The minimum Gasteiger partial charge on any atom is -0.366 e. The summed E-state index contributed by atoms with van der Waals surface area (Å²) in [5.74, 6) is 1.62. The molecule has 1 amide bonds. The smallest absolute Gasteiger partial charge is 0.228 e. The van der Waals surface area contributed by atoms with E-state index in [1.54, 1.807) is 0 Å². The summed E-state index contributed by atoms with van der Waals surface area (Å²) in [6, 6.07) is 4.28. The maximum Gasteiger partial charge on any atom is 0.228 e. The van der Waals surface area contributed by atoms with Gasteiger partial charge in [0.15, 0.2) is 5.82 Å². The Bertz CT molecular complexity index is 476. The van der Waals surface area contributed by atoms with Gasteiger partial charge in [0.25, 0.3) is 0 Å². The van der Waals surface area contributed by atoms with Gasteiger partial charge in [0.1, 0.15) is 5.82 Å². The second-order valence-corrected chi connectivity index (χ2v) is 6.61. The molecule has 120 valence electrons. The average molecular weight is 302 g/mol. The van der Waals surface area contributed by atoms with E-state index in [0.29, 0.717) is 11.9 Å². The molecule has 0 spiro atoms. The maximum absolute atomic E-state index is 12.2. The number of nitrogens with one attached hydrogen (secondary N) is 2. The van der Waals surface area contributed by atoms with Crippen LogP contribution in [0, 0.1) is 5.92 Å². The SMILES string of the molecule is O=C(Nc1ccc(NC2CCCCC2)nn1)C1CCCCC1. The lowest BCUT2D eigenvalue weighted by molar-refractivity contribution is -0.120. The van der Waals surface area contributed by atoms with Gasteiger partial charge >= 0.3 is 0 Å². The Morgan fingerprint density at radius 1 is 0.864 bits per heavy atom. The lowest BCUT2D eigenvalue weighted by Gasteiger charge is -2.23. The van der Waals surface area contributed by atoms with Gasteiger partial charge in [-0.1, -0.05) is 38.5 Å². The van der Waals surface area contributed by atoms with Crippen molar-refractivity contribution in [1.82, 2.24) is 10.2 Å². The number of amides is 1. The third-order valence-electron chi connectivity index (χ3n) is 4.85. The topological polar surface area (TPSA) is 66.9 Å². The molecule has 1 aromatic rings. The Hall–Kier alpha value is -1.65. The molecule has 1 heterocycles. The molecule has 2 N–H and O–H groups in total. The molecule has 0 saturated heterocycles. The normalized spacial score (nSPS) is 20.5. The van der Waals surface area contributed by atoms with Crippen LogP contribution >= 0.6 is 0 Å². The molecular weight excluding hydrogens is 276 g/mol. The lowest BCUT2D eigenvalue weighted by Crippen LogP contribution is -2.25. The van der Waals surface area contributed by atoms with Crippen LogP contribution < -0.4 is 10.6 Å². The zero-order valence-electron chi connectivity index (χ0n) is 13.2. The zero-order chi connectivity index (χ0) is 15.2. The van der Waals surface area contributed by atoms with Crippen LogP contribution in [0.15, 0.2) is 12.1 Å². The number of carbonyl (C=O) groups is 1. The van der Waals surface area contributed by atoms with Crippen molar-refractivity contribution in [1.29, 1.82) is 0 Å². The number of carbonyl (C=O) groups excluding carboxylic acids is 1. The fraction of sp³-hybridized carbons (Fsp3) is 0.706. The predicted octanol–water partition coefficient (Wildman–Crippen LogP) is 3.74. The molecule has 5 heteroatoms. The fourth-order valence-corrected chi connectivity index (χ4v) is 3.53. The highest BCUT2D eigenvalue weighted by molar-refractivity contribution is 5.91. The first-order valence-electron chi connectivity index (χ1n) is 8.72. The monoisotopic (exact) mass is 302 g/mol. The summed E-state index contributed by atoms with van der Waals surface area (Å²) in [5.41, 5.74) is 0. The highest BCUT2D eigenvalue weighted by Crippen LogP contribution is 2.25. The van der Waals surface area contributed by atoms with Crippen LogP contribution in [0.1, 0.15) is 64.2 Å². The first kappa shape index (κ1) is 15.3. The highest BCUT2D eigenvalue weighted by atomic mass is 16.1. The van der Waals surface area contributed by atoms with Crippen molar-refractivity contribution >= 4 is 17.5 Å². The van der Waals surface area contributed by atoms with Gasteiger partial charge < -0.3 is 10.6 Å². The molecule has 2 fully saturated rings. The van der Waals surface area contributed by atoms with E-state index in [0.717, 1.165) is 31.5 Å². The van der Waals surface area contributed by atoms with E-state index in [1.807, 2.05) is 12.1 Å². The third-order valence-corrected chi connectivity index (χ3v) is 4.85. The van der Waals surface area contributed by atoms with Gasteiger partial charge in [-0.2, -0.15) is 0 Å². The van der Waals surface area contributed by atoms with Crippen molar-refractivity contribution in [3.8, 4) is 0 Å². The Kier molecular flexibility index (Phi) is 5.24. The third kappa shape index (κ3) is 4.18. The maximum atomic E-state index is 12.2. The molecule has 2 saturated carbocycles. The van der Waals surface area contributed by atoms with Gasteiger partial charge in [-0.25, -0.2) is 0 Å². The number of nitrogens with zero attached hydrogens (tertiary/aromatic N) is 2. The minimum atomic E-state index is 0.0991. The summed E-state index contributed by atoms with van der Waals surface area (Å²) >= 11 is 0. The number of anilines is 2. The first-order valence-corrected chi connectivity index (χ1v) is 8.72. The van der Waals surface area contributed by atoms with Gasteiger partial charge in [0.05, 0.1) is 0 Å². The Labute approximate surface area is 132 Å². The van der Waals surface area contributed by atoms with Gasteiger partial charge in [-0.05, 0) is 37.8 Å². The molecule has 0 bridgehead atoms. The molecule has 0 atom stereocenters. The molecule has 0 radical (unpaired) electrons. The minimum absolute atomic E-state index is 0.0991. The molecular formula is C17H26N4O. The van der Waals surface area contributed by atoms with Crippen LogP contribution in [0.3, 0.4) is 0 Å². The number of aromatic nitrogens is 2. The lowest BCUT2D eigenvalue weighted by atomic mass is 9.89. The summed E-state index contributed by atoms with van der Waals surface area (Å²) in [6.07, 6.45) is 11.9. The van der Waals surface area contributed by atoms with Crippen LogP contribution in [0.25, 0.3) is 0 Å². The van der Waals surface area contributed by atoms with E-state index >= 15 is 0 Å². The number of hydrogen-bond donors (Lipinski definition) is 2. The number of hydrogen-bond acceptors (Lipinski definition) is 4. The summed E-state index contributed by atoms with van der Waals surface area (Å²) in [7, 11) is 0. The van der Waals surface area contributed by atoms with Gasteiger partial charge in [-0.15, -0.1) is 10.2 Å². The molecule has 2 aliphatic rings. The largest absolute Gasteiger partial charge is 0.366 e. The van der Waals surface area contributed by atoms with E-state index in [-0.39, 0.29) is 11.8 Å².